The van der Waals surface area contributed by atoms with Crippen LogP contribution in [0.4, 0.5) is 5.69 Å². The molecule has 2 rings (SSSR count). The second kappa shape index (κ2) is 6.25. The van der Waals surface area contributed by atoms with Crippen LogP contribution < -0.4 is 15.8 Å². The van der Waals surface area contributed by atoms with E-state index < -0.39 is 0 Å². The average molecular weight is 274 g/mol. The first-order valence-corrected chi connectivity index (χ1v) is 6.41. The molecular weight excluding hydrogens is 256 g/mol. The zero-order valence-corrected chi connectivity index (χ0v) is 11.6. The number of hydrogen-bond acceptors (Lipinski definition) is 4. The highest BCUT2D eigenvalue weighted by Crippen LogP contribution is 2.18. The quantitative estimate of drug-likeness (QED) is 0.878. The molecular formula is C15H18N2O3. The highest BCUT2D eigenvalue weighted by Gasteiger charge is 2.13. The van der Waals surface area contributed by atoms with Crippen molar-refractivity contribution in [3.8, 4) is 5.75 Å². The summed E-state index contributed by atoms with van der Waals surface area (Å²) in [6.45, 7) is 4.52. The predicted molar refractivity (Wildman–Crippen MR) is 77.1 cm³/mol. The molecule has 20 heavy (non-hydrogen) atoms. The number of benzene rings is 1. The molecule has 0 bridgehead atoms. The molecule has 1 aromatic carbocycles. The van der Waals surface area contributed by atoms with Crippen LogP contribution in [0.2, 0.25) is 0 Å². The predicted octanol–water partition coefficient (Wildman–Crippen LogP) is 2.49. The smallest absolute Gasteiger partial charge is 0.259 e. The molecule has 0 aliphatic rings. The van der Waals surface area contributed by atoms with Gasteiger partial charge < -0.3 is 20.2 Å². The average Bonchev–Trinajstić information content (AvgIpc) is 2.77. The molecule has 0 atom stereocenters. The van der Waals surface area contributed by atoms with Gasteiger partial charge in [0.05, 0.1) is 5.56 Å². The summed E-state index contributed by atoms with van der Waals surface area (Å²) >= 11 is 0. The van der Waals surface area contributed by atoms with Gasteiger partial charge in [-0.2, -0.15) is 0 Å². The number of hydrogen-bond donors (Lipinski definition) is 2. The van der Waals surface area contributed by atoms with E-state index >= 15 is 0 Å². The topological polar surface area (TPSA) is 77.5 Å². The van der Waals surface area contributed by atoms with E-state index in [1.807, 2.05) is 6.92 Å². The molecule has 1 amide bonds. The second-order valence-corrected chi connectivity index (χ2v) is 4.44. The maximum Gasteiger partial charge on any atom is 0.259 e. The van der Waals surface area contributed by atoms with Crippen molar-refractivity contribution < 1.29 is 13.9 Å². The number of nitrogens with one attached hydrogen (secondary N) is 1. The minimum absolute atomic E-state index is 0.185. The number of ether oxygens (including phenoxy) is 1. The molecule has 0 saturated carbocycles. The standard InChI is InChI=1S/C15H18N2O3/c1-10-9-14(11(2)20-10)15(18)17-12-3-5-13(6-4-12)19-8-7-16/h3-6,9H,7-8,16H2,1-2H3,(H,17,18). The summed E-state index contributed by atoms with van der Waals surface area (Å²) in [6.07, 6.45) is 0. The molecule has 1 aromatic heterocycles. The molecule has 5 heteroatoms. The van der Waals surface area contributed by atoms with Gasteiger partial charge in [0.15, 0.2) is 0 Å². The Morgan fingerprint density at radius 3 is 2.55 bits per heavy atom. The van der Waals surface area contributed by atoms with Gasteiger partial charge >= 0.3 is 0 Å². The number of anilines is 1. The lowest BCUT2D eigenvalue weighted by Crippen LogP contribution is -2.12. The highest BCUT2D eigenvalue weighted by molar-refractivity contribution is 6.05. The Balaban J connectivity index is 2.02. The third-order valence-corrected chi connectivity index (χ3v) is 2.78. The number of carbonyl (C=O) groups excluding carboxylic acids is 1. The van der Waals surface area contributed by atoms with E-state index in [1.54, 1.807) is 37.3 Å². The van der Waals surface area contributed by atoms with Crippen molar-refractivity contribution in [1.29, 1.82) is 0 Å². The van der Waals surface area contributed by atoms with Crippen LogP contribution in [0.5, 0.6) is 5.75 Å². The van der Waals surface area contributed by atoms with Crippen molar-refractivity contribution in [1.82, 2.24) is 0 Å². The summed E-state index contributed by atoms with van der Waals surface area (Å²) in [5.41, 5.74) is 6.61. The number of furan rings is 1. The lowest BCUT2D eigenvalue weighted by molar-refractivity contribution is 0.102. The summed E-state index contributed by atoms with van der Waals surface area (Å²) in [5.74, 6) is 1.87. The van der Waals surface area contributed by atoms with Crippen LogP contribution in [0.25, 0.3) is 0 Å². The normalized spacial score (nSPS) is 10.3. The first kappa shape index (κ1) is 14.1. The fourth-order valence-electron chi connectivity index (χ4n) is 1.87. The Morgan fingerprint density at radius 2 is 2.00 bits per heavy atom. The van der Waals surface area contributed by atoms with E-state index in [2.05, 4.69) is 5.32 Å². The van der Waals surface area contributed by atoms with Crippen molar-refractivity contribution in [2.24, 2.45) is 5.73 Å². The van der Waals surface area contributed by atoms with Crippen molar-refractivity contribution in [3.05, 3.63) is 47.4 Å². The van der Waals surface area contributed by atoms with Crippen molar-refractivity contribution in [3.63, 3.8) is 0 Å². The SMILES string of the molecule is Cc1cc(C(=O)Nc2ccc(OCCN)cc2)c(C)o1. The molecule has 2 aromatic rings. The van der Waals surface area contributed by atoms with Crippen LogP contribution >= 0.6 is 0 Å². The van der Waals surface area contributed by atoms with Crippen LogP contribution in [0, 0.1) is 13.8 Å². The van der Waals surface area contributed by atoms with Gasteiger partial charge in [0.25, 0.3) is 5.91 Å². The van der Waals surface area contributed by atoms with Gasteiger partial charge in [-0.1, -0.05) is 0 Å². The summed E-state index contributed by atoms with van der Waals surface area (Å²) in [7, 11) is 0. The Morgan fingerprint density at radius 1 is 1.30 bits per heavy atom. The van der Waals surface area contributed by atoms with E-state index in [0.717, 1.165) is 11.5 Å². The number of carbonyl (C=O) groups is 1. The fraction of sp³-hybridized carbons (Fsp3) is 0.267. The van der Waals surface area contributed by atoms with Crippen LogP contribution in [0.3, 0.4) is 0 Å². The third kappa shape index (κ3) is 3.39. The van der Waals surface area contributed by atoms with Gasteiger partial charge in [0.1, 0.15) is 23.9 Å². The molecule has 0 aliphatic carbocycles. The molecule has 0 spiro atoms. The molecule has 0 unspecified atom stereocenters. The second-order valence-electron chi connectivity index (χ2n) is 4.44. The molecule has 5 nitrogen and oxygen atoms in total. The molecule has 1 heterocycles. The van der Waals surface area contributed by atoms with Crippen molar-refractivity contribution in [2.45, 2.75) is 13.8 Å². The van der Waals surface area contributed by atoms with E-state index in [-0.39, 0.29) is 5.91 Å². The Bertz CT molecular complexity index is 588. The molecule has 0 radical (unpaired) electrons. The molecule has 0 aliphatic heterocycles. The summed E-state index contributed by atoms with van der Waals surface area (Å²) < 4.78 is 10.7. The van der Waals surface area contributed by atoms with Crippen LogP contribution in [0.15, 0.2) is 34.7 Å². The molecule has 106 valence electrons. The number of amides is 1. The van der Waals surface area contributed by atoms with Crippen LogP contribution in [0.1, 0.15) is 21.9 Å². The van der Waals surface area contributed by atoms with Gasteiger partial charge in [-0.15, -0.1) is 0 Å². The molecule has 3 N–H and O–H groups in total. The highest BCUT2D eigenvalue weighted by atomic mass is 16.5. The van der Waals surface area contributed by atoms with Gasteiger partial charge in [0, 0.05) is 12.2 Å². The zero-order chi connectivity index (χ0) is 14.5. The van der Waals surface area contributed by atoms with Crippen molar-refractivity contribution in [2.75, 3.05) is 18.5 Å². The summed E-state index contributed by atoms with van der Waals surface area (Å²) in [5, 5.41) is 2.82. The van der Waals surface area contributed by atoms with E-state index in [1.165, 1.54) is 0 Å². The summed E-state index contributed by atoms with van der Waals surface area (Å²) in [6, 6.07) is 8.87. The van der Waals surface area contributed by atoms with Gasteiger partial charge in [-0.25, -0.2) is 0 Å². The Kier molecular flexibility index (Phi) is 4.42. The maximum absolute atomic E-state index is 12.1. The zero-order valence-electron chi connectivity index (χ0n) is 11.6. The fourth-order valence-corrected chi connectivity index (χ4v) is 1.87. The first-order valence-electron chi connectivity index (χ1n) is 6.41. The third-order valence-electron chi connectivity index (χ3n) is 2.78. The Labute approximate surface area is 117 Å². The minimum atomic E-state index is -0.185. The van der Waals surface area contributed by atoms with Gasteiger partial charge in [-0.3, -0.25) is 4.79 Å². The lowest BCUT2D eigenvalue weighted by atomic mass is 10.2. The van der Waals surface area contributed by atoms with E-state index in [9.17, 15) is 4.79 Å². The van der Waals surface area contributed by atoms with Crippen molar-refractivity contribution >= 4 is 11.6 Å². The van der Waals surface area contributed by atoms with E-state index in [4.69, 9.17) is 14.9 Å². The van der Waals surface area contributed by atoms with Gasteiger partial charge in [-0.05, 0) is 44.2 Å². The lowest BCUT2D eigenvalue weighted by Gasteiger charge is -2.07. The molecule has 0 fully saturated rings. The first-order chi connectivity index (χ1) is 9.60. The summed E-state index contributed by atoms with van der Waals surface area (Å²) in [4.78, 5) is 12.1. The minimum Gasteiger partial charge on any atom is -0.492 e. The number of nitrogens with two attached hydrogens (primary N) is 1. The van der Waals surface area contributed by atoms with Crippen LogP contribution in [-0.4, -0.2) is 19.1 Å². The maximum atomic E-state index is 12.1. The van der Waals surface area contributed by atoms with Crippen LogP contribution in [-0.2, 0) is 0 Å². The van der Waals surface area contributed by atoms with Gasteiger partial charge in [0.2, 0.25) is 0 Å². The monoisotopic (exact) mass is 274 g/mol. The number of aryl methyl sites for hydroxylation is 2. The largest absolute Gasteiger partial charge is 0.492 e. The Hall–Kier alpha value is -2.27. The number of rotatable bonds is 5. The van der Waals surface area contributed by atoms with E-state index in [0.29, 0.717) is 30.2 Å². The molecule has 0 saturated heterocycles.